The average molecular weight is 208 g/mol. The molecule has 0 aliphatic rings. The molecule has 0 fully saturated rings. The van der Waals surface area contributed by atoms with E-state index in [1.54, 1.807) is 24.3 Å². The first kappa shape index (κ1) is 10.2. The number of halogens is 1. The monoisotopic (exact) mass is 207 g/mol. The molecular weight excluding hydrogens is 202 g/mol. The lowest BCUT2D eigenvalue weighted by Crippen LogP contribution is -2.20. The van der Waals surface area contributed by atoms with Crippen molar-refractivity contribution in [3.63, 3.8) is 0 Å². The van der Waals surface area contributed by atoms with Gasteiger partial charge in [-0.25, -0.2) is 0 Å². The van der Waals surface area contributed by atoms with E-state index in [0.717, 1.165) is 0 Å². The highest BCUT2D eigenvalue weighted by Crippen LogP contribution is 2.20. The van der Waals surface area contributed by atoms with Crippen LogP contribution in [0.15, 0.2) is 24.3 Å². The van der Waals surface area contributed by atoms with Crippen molar-refractivity contribution in [2.24, 2.45) is 0 Å². The minimum Gasteiger partial charge on any atom is -0.319 e. The summed E-state index contributed by atoms with van der Waals surface area (Å²) in [6.07, 6.45) is 0. The predicted molar refractivity (Wildman–Crippen MR) is 53.4 cm³/mol. The van der Waals surface area contributed by atoms with Gasteiger partial charge in [-0.05, 0) is 12.1 Å². The van der Waals surface area contributed by atoms with Gasteiger partial charge < -0.3 is 5.32 Å². The van der Waals surface area contributed by atoms with Crippen LogP contribution in [0.3, 0.4) is 0 Å². The second-order valence-electron chi connectivity index (χ2n) is 2.42. The van der Waals surface area contributed by atoms with Crippen molar-refractivity contribution in [3.05, 3.63) is 29.3 Å². The zero-order valence-corrected chi connectivity index (χ0v) is 7.80. The van der Waals surface area contributed by atoms with Crippen LogP contribution < -0.4 is 5.32 Å². The summed E-state index contributed by atoms with van der Waals surface area (Å²) < 4.78 is 0. The normalized spacial score (nSPS) is 8.86. The summed E-state index contributed by atoms with van der Waals surface area (Å²) in [7, 11) is 0. The molecular formula is C9H6ClN3O. The molecule has 0 atom stereocenters. The molecule has 0 spiro atoms. The topological polar surface area (TPSA) is 76.7 Å². The van der Waals surface area contributed by atoms with Gasteiger partial charge >= 0.3 is 0 Å². The van der Waals surface area contributed by atoms with Crippen molar-refractivity contribution in [2.45, 2.75) is 0 Å². The van der Waals surface area contributed by atoms with Gasteiger partial charge in [0.2, 0.25) is 0 Å². The Labute approximate surface area is 85.6 Å². The predicted octanol–water partition coefficient (Wildman–Crippen LogP) is 1.82. The van der Waals surface area contributed by atoms with Crippen molar-refractivity contribution in [3.8, 4) is 6.07 Å². The molecule has 0 aliphatic carbocycles. The first-order valence-electron chi connectivity index (χ1n) is 3.69. The van der Waals surface area contributed by atoms with Crippen LogP contribution in [-0.2, 0) is 4.79 Å². The van der Waals surface area contributed by atoms with Gasteiger partial charge in [0.05, 0.1) is 10.7 Å². The quantitative estimate of drug-likeness (QED) is 0.726. The van der Waals surface area contributed by atoms with Gasteiger partial charge in [0.1, 0.15) is 6.07 Å². The van der Waals surface area contributed by atoms with Crippen molar-refractivity contribution in [1.82, 2.24) is 0 Å². The Kier molecular flexibility index (Phi) is 3.21. The highest BCUT2D eigenvalue weighted by Gasteiger charge is 2.09. The lowest BCUT2D eigenvalue weighted by Gasteiger charge is -2.03. The molecule has 1 aromatic carbocycles. The Morgan fingerprint density at radius 1 is 1.50 bits per heavy atom. The third kappa shape index (κ3) is 2.31. The Hall–Kier alpha value is -1.86. The maximum Gasteiger partial charge on any atom is 0.284 e. The summed E-state index contributed by atoms with van der Waals surface area (Å²) in [5.74, 6) is -0.763. The van der Waals surface area contributed by atoms with Crippen molar-refractivity contribution in [1.29, 1.82) is 10.7 Å². The Bertz CT molecular complexity index is 422. The number of nitrogens with zero attached hydrogens (tertiary/aromatic N) is 1. The highest BCUT2D eigenvalue weighted by molar-refractivity contribution is 6.48. The lowest BCUT2D eigenvalue weighted by molar-refractivity contribution is -0.110. The van der Waals surface area contributed by atoms with E-state index in [1.165, 1.54) is 6.07 Å². The summed E-state index contributed by atoms with van der Waals surface area (Å²) >= 11 is 5.75. The Morgan fingerprint density at radius 2 is 2.14 bits per heavy atom. The number of carbonyl (C=O) groups is 1. The summed E-state index contributed by atoms with van der Waals surface area (Å²) in [5, 5.41) is 17.9. The molecule has 1 amide bonds. The molecule has 0 bridgehead atoms. The molecule has 0 saturated heterocycles. The average Bonchev–Trinajstić information content (AvgIpc) is 2.20. The van der Waals surface area contributed by atoms with Crippen LogP contribution in [0.4, 0.5) is 5.69 Å². The second-order valence-corrected chi connectivity index (χ2v) is 2.83. The zero-order chi connectivity index (χ0) is 10.6. The first-order valence-corrected chi connectivity index (χ1v) is 4.07. The van der Waals surface area contributed by atoms with Crippen LogP contribution >= 0.6 is 11.6 Å². The molecule has 70 valence electrons. The van der Waals surface area contributed by atoms with Gasteiger partial charge in [0.15, 0.2) is 5.71 Å². The van der Waals surface area contributed by atoms with Crippen molar-refractivity contribution >= 4 is 28.9 Å². The number of nitriles is 1. The molecule has 0 saturated carbocycles. The third-order valence-corrected chi connectivity index (χ3v) is 1.79. The lowest BCUT2D eigenvalue weighted by atomic mass is 10.3. The summed E-state index contributed by atoms with van der Waals surface area (Å²) in [6.45, 7) is 0. The minimum absolute atomic E-state index is 0.367. The number of carbonyl (C=O) groups excluding carboxylic acids is 1. The molecule has 0 unspecified atom stereocenters. The van der Waals surface area contributed by atoms with Crippen molar-refractivity contribution in [2.75, 3.05) is 5.32 Å². The highest BCUT2D eigenvalue weighted by atomic mass is 35.5. The van der Waals surface area contributed by atoms with E-state index in [2.05, 4.69) is 5.32 Å². The number of rotatable bonds is 2. The van der Waals surface area contributed by atoms with Gasteiger partial charge in [-0.2, -0.15) is 5.26 Å². The summed E-state index contributed by atoms with van der Waals surface area (Å²) in [6, 6.07) is 8.03. The largest absolute Gasteiger partial charge is 0.319 e. The van der Waals surface area contributed by atoms with Gasteiger partial charge in [-0.15, -0.1) is 0 Å². The molecule has 0 aromatic heterocycles. The standard InChI is InChI=1S/C9H6ClN3O/c10-6-3-1-2-4-8(6)13-9(14)7(12)5-11/h1-4,12H,(H,13,14). The summed E-state index contributed by atoms with van der Waals surface area (Å²) in [4.78, 5) is 11.1. The molecule has 1 aromatic rings. The van der Waals surface area contributed by atoms with Gasteiger partial charge in [0, 0.05) is 0 Å². The van der Waals surface area contributed by atoms with E-state index in [1.807, 2.05) is 0 Å². The van der Waals surface area contributed by atoms with Crippen LogP contribution in [0, 0.1) is 16.7 Å². The maximum atomic E-state index is 11.1. The molecule has 14 heavy (non-hydrogen) atoms. The molecule has 4 nitrogen and oxygen atoms in total. The van der Waals surface area contributed by atoms with Crippen LogP contribution in [0.1, 0.15) is 0 Å². The van der Waals surface area contributed by atoms with Crippen LogP contribution in [0.2, 0.25) is 5.02 Å². The Morgan fingerprint density at radius 3 is 2.71 bits per heavy atom. The maximum absolute atomic E-state index is 11.1. The van der Waals surface area contributed by atoms with E-state index < -0.39 is 11.6 Å². The minimum atomic E-state index is -0.763. The van der Waals surface area contributed by atoms with Crippen LogP contribution in [0.5, 0.6) is 0 Å². The fraction of sp³-hybridized carbons (Fsp3) is 0. The smallest absolute Gasteiger partial charge is 0.284 e. The van der Waals surface area contributed by atoms with E-state index >= 15 is 0 Å². The molecule has 1 rings (SSSR count). The number of benzene rings is 1. The number of anilines is 1. The summed E-state index contributed by atoms with van der Waals surface area (Å²) in [5.41, 5.74) is -0.260. The number of amides is 1. The van der Waals surface area contributed by atoms with Gasteiger partial charge in [-0.3, -0.25) is 10.2 Å². The number of hydrogen-bond donors (Lipinski definition) is 2. The molecule has 0 heterocycles. The number of hydrogen-bond acceptors (Lipinski definition) is 3. The molecule has 2 N–H and O–H groups in total. The first-order chi connectivity index (χ1) is 6.65. The fourth-order valence-electron chi connectivity index (χ4n) is 0.798. The Balaban J connectivity index is 2.81. The number of nitrogens with one attached hydrogen (secondary N) is 2. The van der Waals surface area contributed by atoms with E-state index in [4.69, 9.17) is 22.3 Å². The van der Waals surface area contributed by atoms with Gasteiger partial charge in [-0.1, -0.05) is 23.7 Å². The molecule has 0 aliphatic heterocycles. The van der Waals surface area contributed by atoms with E-state index in [0.29, 0.717) is 10.7 Å². The molecule has 0 radical (unpaired) electrons. The van der Waals surface area contributed by atoms with E-state index in [-0.39, 0.29) is 0 Å². The fourth-order valence-corrected chi connectivity index (χ4v) is 0.981. The van der Waals surface area contributed by atoms with Crippen molar-refractivity contribution < 1.29 is 4.79 Å². The SMILES string of the molecule is N#CC(=N)C(=O)Nc1ccccc1Cl. The van der Waals surface area contributed by atoms with Crippen LogP contribution in [0.25, 0.3) is 0 Å². The zero-order valence-electron chi connectivity index (χ0n) is 7.04. The second kappa shape index (κ2) is 4.40. The number of para-hydroxylation sites is 1. The van der Waals surface area contributed by atoms with E-state index in [9.17, 15) is 4.79 Å². The third-order valence-electron chi connectivity index (χ3n) is 1.46. The molecule has 5 heteroatoms. The van der Waals surface area contributed by atoms with Crippen LogP contribution in [-0.4, -0.2) is 11.6 Å². The van der Waals surface area contributed by atoms with Gasteiger partial charge in [0.25, 0.3) is 5.91 Å².